The van der Waals surface area contributed by atoms with Crippen LogP contribution in [0.25, 0.3) is 6.08 Å². The van der Waals surface area contributed by atoms with Crippen molar-refractivity contribution in [2.75, 3.05) is 7.11 Å². The van der Waals surface area contributed by atoms with Crippen LogP contribution < -0.4 is 9.47 Å². The number of fused-ring (bicyclic) bond motifs is 1. The Hall–Kier alpha value is -2.66. The molecule has 0 unspecified atom stereocenters. The van der Waals surface area contributed by atoms with Gasteiger partial charge in [0.15, 0.2) is 17.3 Å². The Labute approximate surface area is 204 Å². The summed E-state index contributed by atoms with van der Waals surface area (Å²) >= 11 is 3.53. The number of hydrazone groups is 1. The molecule has 0 saturated carbocycles. The second-order valence-electron chi connectivity index (χ2n) is 7.07. The summed E-state index contributed by atoms with van der Waals surface area (Å²) in [6.07, 6.45) is 3.38. The molecule has 0 bridgehead atoms. The summed E-state index contributed by atoms with van der Waals surface area (Å²) in [6, 6.07) is 13.6. The maximum atomic E-state index is 12.6. The number of ether oxygens (including phenoxy) is 2. The molecule has 0 aliphatic carbocycles. The number of nitrogens with one attached hydrogen (secondary N) is 1. The van der Waals surface area contributed by atoms with E-state index in [0.29, 0.717) is 23.3 Å². The van der Waals surface area contributed by atoms with Crippen LogP contribution in [0.3, 0.4) is 0 Å². The van der Waals surface area contributed by atoms with Crippen LogP contribution >= 0.6 is 34.4 Å². The molecule has 4 rings (SSSR count). The molecule has 9 heteroatoms. The zero-order chi connectivity index (χ0) is 22.7. The van der Waals surface area contributed by atoms with E-state index in [2.05, 4.69) is 39.6 Å². The van der Waals surface area contributed by atoms with Crippen molar-refractivity contribution >= 4 is 62.4 Å². The molecule has 2 aromatic carbocycles. The van der Waals surface area contributed by atoms with Crippen molar-refractivity contribution in [3.63, 3.8) is 0 Å². The first-order chi connectivity index (χ1) is 15.5. The van der Waals surface area contributed by atoms with Crippen molar-refractivity contribution in [3.05, 3.63) is 62.7 Å². The summed E-state index contributed by atoms with van der Waals surface area (Å²) in [4.78, 5) is 16.8. The lowest BCUT2D eigenvalue weighted by atomic mass is 10.1. The van der Waals surface area contributed by atoms with Crippen LogP contribution in [-0.2, 0) is 11.4 Å². The molecular formula is C23H21IN4O3S. The van der Waals surface area contributed by atoms with Crippen molar-refractivity contribution in [3.8, 4) is 11.5 Å². The van der Waals surface area contributed by atoms with Gasteiger partial charge >= 0.3 is 0 Å². The van der Waals surface area contributed by atoms with Gasteiger partial charge in [-0.05, 0) is 76.5 Å². The molecule has 0 spiro atoms. The predicted molar refractivity (Wildman–Crippen MR) is 136 cm³/mol. The Kier molecular flexibility index (Phi) is 6.95. The highest BCUT2D eigenvalue weighted by molar-refractivity contribution is 14.1. The van der Waals surface area contributed by atoms with E-state index in [0.717, 1.165) is 32.6 Å². The van der Waals surface area contributed by atoms with Gasteiger partial charge < -0.3 is 9.47 Å². The first kappa shape index (κ1) is 22.5. The van der Waals surface area contributed by atoms with Crippen molar-refractivity contribution in [2.24, 2.45) is 10.1 Å². The quantitative estimate of drug-likeness (QED) is 0.367. The number of benzene rings is 2. The van der Waals surface area contributed by atoms with Gasteiger partial charge in [0.2, 0.25) is 5.17 Å². The van der Waals surface area contributed by atoms with E-state index in [1.54, 1.807) is 19.3 Å². The van der Waals surface area contributed by atoms with E-state index in [9.17, 15) is 4.79 Å². The van der Waals surface area contributed by atoms with E-state index in [4.69, 9.17) is 14.9 Å². The van der Waals surface area contributed by atoms with Crippen molar-refractivity contribution in [1.82, 2.24) is 5.01 Å². The summed E-state index contributed by atoms with van der Waals surface area (Å²) in [6.45, 7) is 2.48. The first-order valence-electron chi connectivity index (χ1n) is 10.0. The average Bonchev–Trinajstić information content (AvgIpc) is 3.19. The predicted octanol–water partition coefficient (Wildman–Crippen LogP) is 5.30. The van der Waals surface area contributed by atoms with Crippen LogP contribution in [-0.4, -0.2) is 34.1 Å². The Morgan fingerprint density at radius 1 is 1.25 bits per heavy atom. The number of thioether (sulfide) groups is 1. The third-order valence-electron chi connectivity index (χ3n) is 4.75. The smallest absolute Gasteiger partial charge is 0.283 e. The highest BCUT2D eigenvalue weighted by Crippen LogP contribution is 2.36. The van der Waals surface area contributed by atoms with E-state index in [1.165, 1.54) is 16.8 Å². The first-order valence-corrected chi connectivity index (χ1v) is 11.9. The van der Waals surface area contributed by atoms with Crippen LogP contribution in [0.1, 0.15) is 30.9 Å². The number of carbonyl (C=O) groups excluding carboxylic acids is 1. The zero-order valence-corrected chi connectivity index (χ0v) is 20.6. The van der Waals surface area contributed by atoms with Gasteiger partial charge in [-0.15, -0.1) is 0 Å². The number of carbonyl (C=O) groups is 1. The fourth-order valence-corrected chi connectivity index (χ4v) is 4.97. The molecule has 0 fully saturated rings. The normalized spacial score (nSPS) is 16.7. The molecule has 1 N–H and O–H groups in total. The molecule has 32 heavy (non-hydrogen) atoms. The van der Waals surface area contributed by atoms with Crippen LogP contribution in [0.5, 0.6) is 11.5 Å². The number of methoxy groups -OCH3 is 1. The highest BCUT2D eigenvalue weighted by atomic mass is 127. The maximum Gasteiger partial charge on any atom is 0.283 e. The lowest BCUT2D eigenvalue weighted by Crippen LogP contribution is -2.35. The van der Waals surface area contributed by atoms with Gasteiger partial charge in [-0.25, -0.2) is 0 Å². The van der Waals surface area contributed by atoms with Gasteiger partial charge in [0.05, 0.1) is 16.3 Å². The second kappa shape index (κ2) is 9.86. The zero-order valence-electron chi connectivity index (χ0n) is 17.6. The van der Waals surface area contributed by atoms with Gasteiger partial charge in [0, 0.05) is 0 Å². The monoisotopic (exact) mass is 560 g/mol. The van der Waals surface area contributed by atoms with E-state index in [1.807, 2.05) is 36.4 Å². The third kappa shape index (κ3) is 4.73. The van der Waals surface area contributed by atoms with Gasteiger partial charge in [-0.2, -0.15) is 15.1 Å². The largest absolute Gasteiger partial charge is 0.493 e. The minimum Gasteiger partial charge on any atom is -0.493 e. The second-order valence-corrected chi connectivity index (χ2v) is 9.27. The maximum absolute atomic E-state index is 12.6. The van der Waals surface area contributed by atoms with Crippen molar-refractivity contribution in [2.45, 2.75) is 26.4 Å². The van der Waals surface area contributed by atoms with E-state index in [-0.39, 0.29) is 11.4 Å². The molecular weight excluding hydrogens is 539 g/mol. The van der Waals surface area contributed by atoms with Crippen molar-refractivity contribution < 1.29 is 14.3 Å². The fourth-order valence-electron chi connectivity index (χ4n) is 3.21. The summed E-state index contributed by atoms with van der Waals surface area (Å²) in [5.74, 6) is 0.768. The lowest BCUT2D eigenvalue weighted by molar-refractivity contribution is -0.114. The van der Waals surface area contributed by atoms with Gasteiger partial charge in [-0.1, -0.05) is 37.3 Å². The third-order valence-corrected chi connectivity index (χ3v) is 6.52. The van der Waals surface area contributed by atoms with Crippen LogP contribution in [0.15, 0.2) is 58.1 Å². The SMILES string of the molecule is CCCC1=NN2C(=N)/C(=C\c3cc(I)c(OCc4ccccc4)c(OC)c3)C(=O)N=C2S1. The highest BCUT2D eigenvalue weighted by Gasteiger charge is 2.35. The molecule has 2 aliphatic rings. The lowest BCUT2D eigenvalue weighted by Gasteiger charge is -2.20. The topological polar surface area (TPSA) is 87.3 Å². The molecule has 0 aromatic heterocycles. The Balaban J connectivity index is 1.60. The number of hydrogen-bond acceptors (Lipinski definition) is 6. The molecule has 0 atom stereocenters. The van der Waals surface area contributed by atoms with Crippen LogP contribution in [0.4, 0.5) is 0 Å². The van der Waals surface area contributed by atoms with Gasteiger partial charge in [0.1, 0.15) is 11.7 Å². The number of hydrogen-bond donors (Lipinski definition) is 1. The standard InChI is InChI=1S/C23H21IN4O3S/c1-3-7-19-27-28-21(25)16(22(29)26-23(28)32-19)10-15-11-17(24)20(18(12-15)30-2)31-13-14-8-5-4-6-9-14/h4-6,8-12,25H,3,7,13H2,1-2H3/b16-10+,25-21?. The molecule has 0 radical (unpaired) electrons. The van der Waals surface area contributed by atoms with Crippen LogP contribution in [0.2, 0.25) is 0 Å². The molecule has 7 nitrogen and oxygen atoms in total. The molecule has 2 heterocycles. The van der Waals surface area contributed by atoms with E-state index >= 15 is 0 Å². The van der Waals surface area contributed by atoms with Crippen LogP contribution in [0, 0.1) is 8.98 Å². The summed E-state index contributed by atoms with van der Waals surface area (Å²) in [5, 5.41) is 15.7. The minimum atomic E-state index is -0.444. The Morgan fingerprint density at radius 3 is 2.75 bits per heavy atom. The Bertz CT molecular complexity index is 1160. The number of halogens is 1. The molecule has 2 aromatic rings. The fraction of sp³-hybridized carbons (Fsp3) is 0.217. The van der Waals surface area contributed by atoms with Gasteiger partial charge in [0.25, 0.3) is 5.91 Å². The molecule has 2 aliphatic heterocycles. The van der Waals surface area contributed by atoms with Crippen molar-refractivity contribution in [1.29, 1.82) is 5.41 Å². The average molecular weight is 560 g/mol. The molecule has 164 valence electrons. The summed E-state index contributed by atoms with van der Waals surface area (Å²) < 4.78 is 12.4. The molecule has 1 amide bonds. The number of amides is 1. The number of aliphatic imine (C=N–C) groups is 1. The minimum absolute atomic E-state index is 0.0250. The number of nitrogens with zero attached hydrogens (tertiary/aromatic N) is 3. The number of amidine groups is 2. The Morgan fingerprint density at radius 2 is 2.03 bits per heavy atom. The van der Waals surface area contributed by atoms with E-state index < -0.39 is 5.91 Å². The summed E-state index contributed by atoms with van der Waals surface area (Å²) in [7, 11) is 1.58. The summed E-state index contributed by atoms with van der Waals surface area (Å²) in [5.41, 5.74) is 1.96. The number of rotatable bonds is 7. The van der Waals surface area contributed by atoms with Gasteiger partial charge in [-0.3, -0.25) is 10.2 Å². The molecule has 0 saturated heterocycles.